The molecular weight excluding hydrogens is 266 g/mol. The average Bonchev–Trinajstić information content (AvgIpc) is 2.54. The topological polar surface area (TPSA) is 47.6 Å². The second-order valence-electron chi connectivity index (χ2n) is 4.96. The van der Waals surface area contributed by atoms with Crippen molar-refractivity contribution in [3.63, 3.8) is 0 Å². The molecule has 0 fully saturated rings. The molecule has 0 radical (unpaired) electrons. The first kappa shape index (κ1) is 15.2. The van der Waals surface area contributed by atoms with E-state index in [1.54, 1.807) is 38.5 Å². The van der Waals surface area contributed by atoms with Crippen LogP contribution in [0.2, 0.25) is 0 Å². The molecule has 112 valence electrons. The molecule has 1 aromatic rings. The van der Waals surface area contributed by atoms with Crippen LogP contribution in [0.5, 0.6) is 11.5 Å². The van der Waals surface area contributed by atoms with Crippen LogP contribution >= 0.6 is 0 Å². The van der Waals surface area contributed by atoms with E-state index in [2.05, 4.69) is 17.5 Å². The van der Waals surface area contributed by atoms with Gasteiger partial charge in [-0.2, -0.15) is 0 Å². The summed E-state index contributed by atoms with van der Waals surface area (Å²) in [5, 5.41) is 2.83. The monoisotopic (exact) mass is 287 g/mol. The predicted octanol–water partition coefficient (Wildman–Crippen LogP) is 3.55. The van der Waals surface area contributed by atoms with Gasteiger partial charge in [0.25, 0.3) is 0 Å². The van der Waals surface area contributed by atoms with E-state index in [-0.39, 0.29) is 5.91 Å². The van der Waals surface area contributed by atoms with Crippen LogP contribution in [0.4, 0.5) is 5.69 Å². The van der Waals surface area contributed by atoms with Gasteiger partial charge in [0.15, 0.2) is 0 Å². The molecule has 0 aliphatic heterocycles. The number of carbonyl (C=O) groups is 1. The van der Waals surface area contributed by atoms with Gasteiger partial charge < -0.3 is 14.8 Å². The van der Waals surface area contributed by atoms with E-state index in [0.29, 0.717) is 23.1 Å². The van der Waals surface area contributed by atoms with Gasteiger partial charge in [0.2, 0.25) is 5.91 Å². The summed E-state index contributed by atoms with van der Waals surface area (Å²) in [6.07, 6.45) is 11.1. The Hall–Kier alpha value is -2.23. The van der Waals surface area contributed by atoms with Gasteiger partial charge in [-0.3, -0.25) is 4.79 Å². The lowest BCUT2D eigenvalue weighted by Crippen LogP contribution is -2.10. The summed E-state index contributed by atoms with van der Waals surface area (Å²) in [6.45, 7) is 0. The lowest BCUT2D eigenvalue weighted by Gasteiger charge is -2.13. The number of anilines is 1. The van der Waals surface area contributed by atoms with Crippen LogP contribution in [-0.2, 0) is 4.79 Å². The molecule has 0 bridgehead atoms. The molecule has 1 aliphatic carbocycles. The van der Waals surface area contributed by atoms with Crippen molar-refractivity contribution >= 4 is 11.6 Å². The average molecular weight is 287 g/mol. The molecule has 21 heavy (non-hydrogen) atoms. The number of carbonyl (C=O) groups excluding carboxylic acids is 1. The van der Waals surface area contributed by atoms with Crippen molar-refractivity contribution in [3.05, 3.63) is 42.5 Å². The van der Waals surface area contributed by atoms with E-state index < -0.39 is 0 Å². The van der Waals surface area contributed by atoms with Crippen molar-refractivity contribution in [2.24, 2.45) is 5.92 Å². The van der Waals surface area contributed by atoms with Crippen molar-refractivity contribution in [3.8, 4) is 11.5 Å². The fourth-order valence-electron chi connectivity index (χ4n) is 2.30. The lowest BCUT2D eigenvalue weighted by atomic mass is 9.94. The van der Waals surface area contributed by atoms with Crippen LogP contribution in [0, 0.1) is 5.92 Å². The molecular formula is C17H21NO3. The van der Waals surface area contributed by atoms with Crippen molar-refractivity contribution in [1.29, 1.82) is 0 Å². The normalized spacial score (nSPS) is 17.7. The molecule has 1 aromatic carbocycles. The number of rotatable bonds is 5. The van der Waals surface area contributed by atoms with Crippen LogP contribution in [0.15, 0.2) is 42.5 Å². The largest absolute Gasteiger partial charge is 0.497 e. The zero-order chi connectivity index (χ0) is 15.1. The maximum absolute atomic E-state index is 12.0. The Morgan fingerprint density at radius 3 is 2.81 bits per heavy atom. The summed E-state index contributed by atoms with van der Waals surface area (Å²) in [6, 6.07) is 5.30. The van der Waals surface area contributed by atoms with Gasteiger partial charge in [0.05, 0.1) is 19.9 Å². The van der Waals surface area contributed by atoms with Gasteiger partial charge in [-0.25, -0.2) is 0 Å². The molecule has 1 unspecified atom stereocenters. The number of methoxy groups -OCH3 is 2. The van der Waals surface area contributed by atoms with Crippen LogP contribution in [-0.4, -0.2) is 20.1 Å². The molecule has 0 saturated carbocycles. The number of benzene rings is 1. The number of amides is 1. The van der Waals surface area contributed by atoms with Crippen molar-refractivity contribution in [1.82, 2.24) is 0 Å². The molecule has 0 aromatic heterocycles. The minimum atomic E-state index is -0.156. The molecule has 0 spiro atoms. The summed E-state index contributed by atoms with van der Waals surface area (Å²) in [4.78, 5) is 12.0. The van der Waals surface area contributed by atoms with Crippen LogP contribution < -0.4 is 14.8 Å². The fourth-order valence-corrected chi connectivity index (χ4v) is 2.30. The van der Waals surface area contributed by atoms with Gasteiger partial charge in [0, 0.05) is 6.07 Å². The second kappa shape index (κ2) is 7.53. The highest BCUT2D eigenvalue weighted by Gasteiger charge is 2.09. The maximum atomic E-state index is 12.0. The SMILES string of the molecule is COc1ccc(OC)c(NC(=O)C=CC2CC=CCC2)c1. The van der Waals surface area contributed by atoms with E-state index in [9.17, 15) is 4.79 Å². The number of allylic oxidation sites excluding steroid dienone is 3. The number of ether oxygens (including phenoxy) is 2. The van der Waals surface area contributed by atoms with Crippen molar-refractivity contribution < 1.29 is 14.3 Å². The Balaban J connectivity index is 2.01. The summed E-state index contributed by atoms with van der Waals surface area (Å²) in [5.74, 6) is 1.58. The zero-order valence-corrected chi connectivity index (χ0v) is 12.5. The molecule has 4 nitrogen and oxygen atoms in total. The molecule has 1 N–H and O–H groups in total. The van der Waals surface area contributed by atoms with Gasteiger partial charge >= 0.3 is 0 Å². The third-order valence-electron chi connectivity index (χ3n) is 3.49. The van der Waals surface area contributed by atoms with Gasteiger partial charge in [-0.05, 0) is 43.4 Å². The van der Waals surface area contributed by atoms with Crippen LogP contribution in [0.25, 0.3) is 0 Å². The smallest absolute Gasteiger partial charge is 0.248 e. The Bertz CT molecular complexity index is 549. The summed E-state index contributed by atoms with van der Waals surface area (Å²) in [5.41, 5.74) is 0.607. The lowest BCUT2D eigenvalue weighted by molar-refractivity contribution is -0.111. The highest BCUT2D eigenvalue weighted by atomic mass is 16.5. The molecule has 4 heteroatoms. The number of hydrogen-bond donors (Lipinski definition) is 1. The molecule has 1 atom stereocenters. The van der Waals surface area contributed by atoms with E-state index in [4.69, 9.17) is 9.47 Å². The maximum Gasteiger partial charge on any atom is 0.248 e. The second-order valence-corrected chi connectivity index (χ2v) is 4.96. The minimum Gasteiger partial charge on any atom is -0.497 e. The first-order valence-corrected chi connectivity index (χ1v) is 7.09. The van der Waals surface area contributed by atoms with E-state index in [0.717, 1.165) is 19.3 Å². The number of hydrogen-bond acceptors (Lipinski definition) is 3. The Labute approximate surface area is 125 Å². The van der Waals surface area contributed by atoms with E-state index in [1.165, 1.54) is 0 Å². The standard InChI is InChI=1S/C17H21NO3/c1-20-14-9-10-16(21-2)15(12-14)18-17(19)11-8-13-6-4-3-5-7-13/h3-4,8-13H,5-7H2,1-2H3,(H,18,19). The van der Waals surface area contributed by atoms with Gasteiger partial charge in [0.1, 0.15) is 11.5 Å². The molecule has 0 heterocycles. The minimum absolute atomic E-state index is 0.156. The Kier molecular flexibility index (Phi) is 5.43. The Morgan fingerprint density at radius 1 is 1.29 bits per heavy atom. The van der Waals surface area contributed by atoms with Crippen LogP contribution in [0.1, 0.15) is 19.3 Å². The third kappa shape index (κ3) is 4.38. The molecule has 0 saturated heterocycles. The van der Waals surface area contributed by atoms with E-state index >= 15 is 0 Å². The zero-order valence-electron chi connectivity index (χ0n) is 12.5. The van der Waals surface area contributed by atoms with Gasteiger partial charge in [-0.15, -0.1) is 0 Å². The van der Waals surface area contributed by atoms with E-state index in [1.807, 2.05) is 6.08 Å². The first-order valence-electron chi connectivity index (χ1n) is 7.09. The molecule has 1 amide bonds. The van der Waals surface area contributed by atoms with Gasteiger partial charge in [-0.1, -0.05) is 18.2 Å². The fraction of sp³-hybridized carbons (Fsp3) is 0.353. The summed E-state index contributed by atoms with van der Waals surface area (Å²) >= 11 is 0. The van der Waals surface area contributed by atoms with Crippen molar-refractivity contribution in [2.75, 3.05) is 19.5 Å². The van der Waals surface area contributed by atoms with Crippen LogP contribution in [0.3, 0.4) is 0 Å². The highest BCUT2D eigenvalue weighted by molar-refractivity contribution is 6.00. The number of nitrogens with one attached hydrogen (secondary N) is 1. The summed E-state index contributed by atoms with van der Waals surface area (Å²) < 4.78 is 10.4. The third-order valence-corrected chi connectivity index (χ3v) is 3.49. The highest BCUT2D eigenvalue weighted by Crippen LogP contribution is 2.29. The van der Waals surface area contributed by atoms with Crippen molar-refractivity contribution in [2.45, 2.75) is 19.3 Å². The quantitative estimate of drug-likeness (QED) is 0.665. The summed E-state index contributed by atoms with van der Waals surface area (Å²) in [7, 11) is 3.16. The molecule has 2 rings (SSSR count). The molecule has 1 aliphatic rings. The Morgan fingerprint density at radius 2 is 2.14 bits per heavy atom. The predicted molar refractivity (Wildman–Crippen MR) is 83.8 cm³/mol. The first-order chi connectivity index (χ1) is 10.2.